The molecule has 12 heavy (non-hydrogen) atoms. The van der Waals surface area contributed by atoms with Gasteiger partial charge in [-0.25, -0.2) is 4.79 Å². The van der Waals surface area contributed by atoms with Crippen molar-refractivity contribution in [3.8, 4) is 0 Å². The van der Waals surface area contributed by atoms with Crippen LogP contribution in [0.15, 0.2) is 29.4 Å². The summed E-state index contributed by atoms with van der Waals surface area (Å²) >= 11 is 0. The summed E-state index contributed by atoms with van der Waals surface area (Å²) in [7, 11) is 1.34. The van der Waals surface area contributed by atoms with E-state index in [4.69, 9.17) is 5.53 Å². The van der Waals surface area contributed by atoms with E-state index in [0.29, 0.717) is 11.3 Å². The quantitative estimate of drug-likeness (QED) is 0.506. The molecule has 62 valence electrons. The van der Waals surface area contributed by atoms with Crippen molar-refractivity contribution in [3.63, 3.8) is 0 Å². The number of benzene rings is 1. The normalized spacial score (nSPS) is 9.08. The number of methoxy groups -OCH3 is 1. The molecule has 1 rings (SSSR count). The van der Waals surface area contributed by atoms with Gasteiger partial charge >= 0.3 is 5.97 Å². The van der Waals surface area contributed by atoms with E-state index < -0.39 is 0 Å². The van der Waals surface area contributed by atoms with Gasteiger partial charge in [0.1, 0.15) is 5.69 Å². The third kappa shape index (κ3) is 1.66. The maximum atomic E-state index is 10.9. The number of hydrogen-bond acceptors (Lipinski definition) is 3. The minimum Gasteiger partial charge on any atom is -0.465 e. The van der Waals surface area contributed by atoms with Crippen molar-refractivity contribution in [1.29, 1.82) is 0 Å². The summed E-state index contributed by atoms with van der Waals surface area (Å²) in [6, 6.07) is 6.51. The molecule has 4 heteroatoms. The molecule has 0 aliphatic heterocycles. The Bertz CT molecular complexity index is 292. The first-order chi connectivity index (χ1) is 5.77. The van der Waals surface area contributed by atoms with Crippen LogP contribution < -0.4 is 5.53 Å². The second-order valence-electron chi connectivity index (χ2n) is 2.17. The van der Waals surface area contributed by atoms with Crippen LogP contribution in [-0.4, -0.2) is 13.1 Å². The average molecular weight is 165 g/mol. The summed E-state index contributed by atoms with van der Waals surface area (Å²) in [5.41, 5.74) is 6.14. The summed E-state index contributed by atoms with van der Waals surface area (Å²) in [5.74, 6) is -0.362. The van der Waals surface area contributed by atoms with Crippen LogP contribution >= 0.6 is 0 Å². The van der Waals surface area contributed by atoms with Gasteiger partial charge in [0, 0.05) is 0 Å². The van der Waals surface area contributed by atoms with E-state index >= 15 is 0 Å². The lowest BCUT2D eigenvalue weighted by Gasteiger charge is -1.96. The van der Waals surface area contributed by atoms with E-state index in [1.165, 1.54) is 7.11 Å². The lowest BCUT2D eigenvalue weighted by Crippen LogP contribution is -2.21. The molecular formula is C8H9N2O2+. The van der Waals surface area contributed by atoms with E-state index in [2.05, 4.69) is 9.85 Å². The lowest BCUT2D eigenvalue weighted by molar-refractivity contribution is -0.210. The predicted molar refractivity (Wildman–Crippen MR) is 41.8 cm³/mol. The molecule has 0 fully saturated rings. The maximum absolute atomic E-state index is 10.9. The van der Waals surface area contributed by atoms with Crippen LogP contribution in [0.4, 0.5) is 5.69 Å². The molecule has 0 aromatic heterocycles. The number of hydrogen-bond donors (Lipinski definition) is 1. The van der Waals surface area contributed by atoms with E-state index in [1.54, 1.807) is 24.3 Å². The summed E-state index contributed by atoms with van der Waals surface area (Å²) in [6.45, 7) is 0. The third-order valence-corrected chi connectivity index (χ3v) is 1.44. The van der Waals surface area contributed by atoms with Crippen LogP contribution in [0, 0.1) is 0 Å². The maximum Gasteiger partial charge on any atom is 0.337 e. The largest absolute Gasteiger partial charge is 0.465 e. The van der Waals surface area contributed by atoms with Crippen molar-refractivity contribution in [2.45, 2.75) is 0 Å². The van der Waals surface area contributed by atoms with Gasteiger partial charge in [-0.2, -0.15) is 5.53 Å². The standard InChI is InChI=1S/C8H8N2O2/c1-12-8(11)6-2-4-7(10-9)5-3-6/h2-5,9H,1H3/p+1. The topological polar surface area (TPSA) is 64.2 Å². The molecule has 2 N–H and O–H groups in total. The Morgan fingerprint density at radius 2 is 2.00 bits per heavy atom. The number of rotatable bonds is 2. The van der Waals surface area contributed by atoms with Gasteiger partial charge in [-0.3, -0.25) is 0 Å². The number of carbonyl (C=O) groups excluding carboxylic acids is 1. The summed E-state index contributed by atoms with van der Waals surface area (Å²) in [6.07, 6.45) is 0. The van der Waals surface area contributed by atoms with Crippen LogP contribution in [0.25, 0.3) is 0 Å². The molecule has 0 radical (unpaired) electrons. The highest BCUT2D eigenvalue weighted by Crippen LogP contribution is 2.11. The Balaban J connectivity index is 2.91. The van der Waals surface area contributed by atoms with Crippen LogP contribution in [0.5, 0.6) is 0 Å². The predicted octanol–water partition coefficient (Wildman–Crippen LogP) is 0.316. The van der Waals surface area contributed by atoms with Gasteiger partial charge in [-0.15, -0.1) is 0 Å². The fourth-order valence-corrected chi connectivity index (χ4v) is 0.801. The van der Waals surface area contributed by atoms with Crippen molar-refractivity contribution < 1.29 is 15.1 Å². The Labute approximate surface area is 69.7 Å². The second kappa shape index (κ2) is 3.61. The molecule has 0 heterocycles. The molecule has 0 saturated heterocycles. The minimum atomic E-state index is -0.362. The molecule has 0 atom stereocenters. The summed E-state index contributed by atoms with van der Waals surface area (Å²) in [4.78, 5) is 10.9. The second-order valence-corrected chi connectivity index (χ2v) is 2.17. The zero-order chi connectivity index (χ0) is 8.97. The third-order valence-electron chi connectivity index (χ3n) is 1.44. The molecular weight excluding hydrogens is 156 g/mol. The van der Waals surface area contributed by atoms with E-state index in [-0.39, 0.29) is 5.97 Å². The fraction of sp³-hybridized carbons (Fsp3) is 0.125. The van der Waals surface area contributed by atoms with Crippen molar-refractivity contribution in [3.05, 3.63) is 29.8 Å². The van der Waals surface area contributed by atoms with Gasteiger partial charge < -0.3 is 4.74 Å². The first-order valence-corrected chi connectivity index (χ1v) is 3.37. The highest BCUT2D eigenvalue weighted by atomic mass is 16.5. The number of nitrogens with two attached hydrogens (primary N) is 1. The molecule has 4 nitrogen and oxygen atoms in total. The zero-order valence-corrected chi connectivity index (χ0v) is 6.65. The molecule has 0 spiro atoms. The van der Waals surface area contributed by atoms with Crippen molar-refractivity contribution in [2.24, 2.45) is 5.11 Å². The molecule has 1 aromatic carbocycles. The first kappa shape index (κ1) is 8.39. The molecule has 0 aliphatic rings. The molecule has 0 bridgehead atoms. The van der Waals surface area contributed by atoms with Crippen molar-refractivity contribution >= 4 is 11.7 Å². The van der Waals surface area contributed by atoms with Crippen molar-refractivity contribution in [1.82, 2.24) is 0 Å². The van der Waals surface area contributed by atoms with Crippen LogP contribution in [0.2, 0.25) is 0 Å². The summed E-state index contributed by atoms with van der Waals surface area (Å²) in [5, 5.41) is 3.44. The Morgan fingerprint density at radius 3 is 2.42 bits per heavy atom. The SMILES string of the molecule is COC(=O)c1ccc(N=[NH2+])cc1. The van der Waals surface area contributed by atoms with E-state index in [0.717, 1.165) is 0 Å². The van der Waals surface area contributed by atoms with Gasteiger partial charge in [0.2, 0.25) is 0 Å². The zero-order valence-electron chi connectivity index (χ0n) is 6.65. The van der Waals surface area contributed by atoms with Crippen LogP contribution in [-0.2, 0) is 4.74 Å². The number of ether oxygens (including phenoxy) is 1. The van der Waals surface area contributed by atoms with Crippen LogP contribution in [0.1, 0.15) is 10.4 Å². The van der Waals surface area contributed by atoms with E-state index in [9.17, 15) is 4.79 Å². The van der Waals surface area contributed by atoms with Gasteiger partial charge in [-0.1, -0.05) is 0 Å². The Morgan fingerprint density at radius 1 is 1.42 bits per heavy atom. The van der Waals surface area contributed by atoms with E-state index in [1.807, 2.05) is 0 Å². The van der Waals surface area contributed by atoms with Gasteiger partial charge in [0.25, 0.3) is 0 Å². The molecule has 0 unspecified atom stereocenters. The highest BCUT2D eigenvalue weighted by molar-refractivity contribution is 5.89. The Kier molecular flexibility index (Phi) is 2.53. The lowest BCUT2D eigenvalue weighted by atomic mass is 10.2. The van der Waals surface area contributed by atoms with Gasteiger partial charge in [-0.05, 0) is 29.4 Å². The molecule has 1 aromatic rings. The smallest absolute Gasteiger partial charge is 0.337 e. The number of carbonyl (C=O) groups is 1. The fourth-order valence-electron chi connectivity index (χ4n) is 0.801. The first-order valence-electron chi connectivity index (χ1n) is 3.37. The molecule has 0 aliphatic carbocycles. The molecule has 0 saturated carbocycles. The van der Waals surface area contributed by atoms with Crippen LogP contribution in [0.3, 0.4) is 0 Å². The molecule has 0 amide bonds. The minimum absolute atomic E-state index is 0.362. The monoisotopic (exact) mass is 165 g/mol. The average Bonchev–Trinajstić information content (AvgIpc) is 2.17. The number of esters is 1. The highest BCUT2D eigenvalue weighted by Gasteiger charge is 2.03. The Hall–Kier alpha value is -1.71. The summed E-state index contributed by atoms with van der Waals surface area (Å²) < 4.78 is 4.51. The van der Waals surface area contributed by atoms with Crippen molar-refractivity contribution in [2.75, 3.05) is 7.11 Å². The number of nitrogens with zero attached hydrogens (tertiary/aromatic N) is 1. The van der Waals surface area contributed by atoms with Gasteiger partial charge in [0.15, 0.2) is 0 Å². The van der Waals surface area contributed by atoms with Gasteiger partial charge in [0.05, 0.1) is 12.7 Å².